The first-order valence-electron chi connectivity index (χ1n) is 16.8. The summed E-state index contributed by atoms with van der Waals surface area (Å²) in [5, 5.41) is 10.3. The fourth-order valence-electron chi connectivity index (χ4n) is 5.26. The predicted octanol–water partition coefficient (Wildman–Crippen LogP) is 8.53. The molecule has 1 heterocycles. The van der Waals surface area contributed by atoms with E-state index in [0.29, 0.717) is 50.9 Å². The average Bonchev–Trinajstić information content (AvgIpc) is 3.60. The summed E-state index contributed by atoms with van der Waals surface area (Å²) < 4.78 is 16.1. The molecular weight excluding hydrogens is 711 g/mol. The normalized spacial score (nSPS) is 11.6. The van der Waals surface area contributed by atoms with Crippen LogP contribution in [0.3, 0.4) is 0 Å². The van der Waals surface area contributed by atoms with Crippen molar-refractivity contribution in [3.63, 3.8) is 0 Å². The number of hydrogen-bond acceptors (Lipinski definition) is 9. The zero-order valence-electron chi connectivity index (χ0n) is 29.6. The third kappa shape index (κ3) is 9.94. The van der Waals surface area contributed by atoms with Gasteiger partial charge in [-0.15, -0.1) is 23.1 Å². The quantitative estimate of drug-likeness (QED) is 0.0552. The molecule has 5 rings (SSSR count). The van der Waals surface area contributed by atoms with Gasteiger partial charge in [-0.2, -0.15) is 0 Å². The van der Waals surface area contributed by atoms with Crippen LogP contribution < -0.4 is 25.4 Å². The number of thioether (sulfide) groups is 1. The van der Waals surface area contributed by atoms with Crippen LogP contribution in [0, 0.1) is 0 Å². The number of ether oxygens (including phenoxy) is 3. The molecule has 0 aliphatic carbocycles. The lowest BCUT2D eigenvalue weighted by molar-refractivity contribution is -0.116. The Morgan fingerprint density at radius 2 is 1.53 bits per heavy atom. The monoisotopic (exact) mass is 749 g/mol. The van der Waals surface area contributed by atoms with Gasteiger partial charge in [0.2, 0.25) is 5.91 Å². The number of amides is 3. The van der Waals surface area contributed by atoms with Crippen molar-refractivity contribution < 1.29 is 33.4 Å². The molecule has 12 heteroatoms. The molecule has 3 amide bonds. The van der Waals surface area contributed by atoms with E-state index in [1.54, 1.807) is 79.7 Å². The SMILES string of the molecule is CCOC(=O)c1c(-c2ccccc2)csc1NC(=O)C(CC)Sc1cccc(NC(=O)/C(=C\c2ccc(OC)c(OC)c2)NC(=O)c2ccccc2)c1. The fourth-order valence-corrected chi connectivity index (χ4v) is 7.24. The Morgan fingerprint density at radius 1 is 0.811 bits per heavy atom. The molecule has 1 aromatic heterocycles. The zero-order valence-corrected chi connectivity index (χ0v) is 31.3. The number of benzene rings is 4. The molecule has 1 unspecified atom stereocenters. The third-order valence-corrected chi connectivity index (χ3v) is 10.1. The highest BCUT2D eigenvalue weighted by Gasteiger charge is 2.26. The molecule has 0 fully saturated rings. The second-order valence-corrected chi connectivity index (χ2v) is 13.6. The van der Waals surface area contributed by atoms with Gasteiger partial charge in [0.15, 0.2) is 11.5 Å². The van der Waals surface area contributed by atoms with Gasteiger partial charge in [-0.3, -0.25) is 14.4 Å². The standard InChI is InChI=1S/C41H39N3O7S2/c1-5-35(39(47)44-40-36(41(48)51-6-2)31(25-52-40)27-14-9-7-10-15-27)53-30-19-13-18-29(24-30)42-38(46)32(43-37(45)28-16-11-8-12-17-28)22-26-20-21-33(49-3)34(23-26)50-4/h7-25,35H,5-6H2,1-4H3,(H,42,46)(H,43,45)(H,44,47)/b32-22+. The number of nitrogens with one attached hydrogen (secondary N) is 3. The maximum absolute atomic E-state index is 13.7. The van der Waals surface area contributed by atoms with Gasteiger partial charge in [0.1, 0.15) is 16.3 Å². The second-order valence-electron chi connectivity index (χ2n) is 11.4. The van der Waals surface area contributed by atoms with Crippen molar-refractivity contribution >= 4 is 63.6 Å². The van der Waals surface area contributed by atoms with E-state index in [1.165, 1.54) is 37.3 Å². The van der Waals surface area contributed by atoms with Gasteiger partial charge in [-0.05, 0) is 73.0 Å². The Hall–Kier alpha value is -5.85. The summed E-state index contributed by atoms with van der Waals surface area (Å²) in [5.74, 6) is -0.823. The lowest BCUT2D eigenvalue weighted by Gasteiger charge is -2.16. The average molecular weight is 750 g/mol. The zero-order chi connectivity index (χ0) is 37.7. The first-order chi connectivity index (χ1) is 25.7. The Morgan fingerprint density at radius 3 is 2.21 bits per heavy atom. The Balaban J connectivity index is 1.34. The number of esters is 1. The number of methoxy groups -OCH3 is 2. The first kappa shape index (κ1) is 38.4. The molecule has 0 aliphatic heterocycles. The molecule has 0 saturated carbocycles. The van der Waals surface area contributed by atoms with Gasteiger partial charge in [-0.25, -0.2) is 4.79 Å². The molecule has 0 spiro atoms. The van der Waals surface area contributed by atoms with E-state index in [0.717, 1.165) is 10.5 Å². The van der Waals surface area contributed by atoms with E-state index in [1.807, 2.05) is 48.7 Å². The molecule has 3 N–H and O–H groups in total. The Bertz CT molecular complexity index is 2100. The van der Waals surface area contributed by atoms with Crippen LogP contribution in [0.4, 0.5) is 10.7 Å². The minimum atomic E-state index is -0.561. The van der Waals surface area contributed by atoms with Crippen molar-refractivity contribution in [1.82, 2.24) is 5.32 Å². The van der Waals surface area contributed by atoms with Gasteiger partial charge in [0, 0.05) is 27.1 Å². The van der Waals surface area contributed by atoms with Crippen LogP contribution in [0.25, 0.3) is 17.2 Å². The van der Waals surface area contributed by atoms with Crippen LogP contribution in [-0.2, 0) is 14.3 Å². The summed E-state index contributed by atoms with van der Waals surface area (Å²) in [4.78, 5) is 54.3. The highest BCUT2D eigenvalue weighted by molar-refractivity contribution is 8.00. The topological polar surface area (TPSA) is 132 Å². The minimum Gasteiger partial charge on any atom is -0.493 e. The number of carbonyl (C=O) groups excluding carboxylic acids is 4. The van der Waals surface area contributed by atoms with Crippen LogP contribution in [-0.4, -0.2) is 49.8 Å². The van der Waals surface area contributed by atoms with Gasteiger partial charge in [-0.1, -0.05) is 67.6 Å². The smallest absolute Gasteiger partial charge is 0.341 e. The van der Waals surface area contributed by atoms with Crippen molar-refractivity contribution in [2.45, 2.75) is 30.4 Å². The predicted molar refractivity (Wildman–Crippen MR) is 211 cm³/mol. The summed E-state index contributed by atoms with van der Waals surface area (Å²) >= 11 is 2.60. The van der Waals surface area contributed by atoms with Gasteiger partial charge in [0.05, 0.1) is 26.1 Å². The van der Waals surface area contributed by atoms with Crippen molar-refractivity contribution in [2.24, 2.45) is 0 Å². The third-order valence-electron chi connectivity index (χ3n) is 7.87. The molecule has 53 heavy (non-hydrogen) atoms. The number of rotatable bonds is 15. The van der Waals surface area contributed by atoms with Gasteiger partial charge in [0.25, 0.3) is 11.8 Å². The molecule has 0 aliphatic rings. The summed E-state index contributed by atoms with van der Waals surface area (Å²) in [7, 11) is 3.04. The summed E-state index contributed by atoms with van der Waals surface area (Å²) in [5.41, 5.74) is 3.28. The van der Waals surface area contributed by atoms with Crippen molar-refractivity contribution in [1.29, 1.82) is 0 Å². The number of carbonyl (C=O) groups is 4. The lowest BCUT2D eigenvalue weighted by atomic mass is 10.0. The number of hydrogen-bond donors (Lipinski definition) is 3. The molecule has 5 aromatic rings. The minimum absolute atomic E-state index is 0.00170. The van der Waals surface area contributed by atoms with E-state index in [9.17, 15) is 19.2 Å². The van der Waals surface area contributed by atoms with Crippen molar-refractivity contribution in [3.8, 4) is 22.6 Å². The molecule has 0 bridgehead atoms. The largest absolute Gasteiger partial charge is 0.493 e. The molecule has 272 valence electrons. The van der Waals surface area contributed by atoms with Crippen molar-refractivity contribution in [3.05, 3.63) is 131 Å². The molecule has 0 radical (unpaired) electrons. The molecule has 10 nitrogen and oxygen atoms in total. The van der Waals surface area contributed by atoms with Gasteiger partial charge < -0.3 is 30.2 Å². The maximum Gasteiger partial charge on any atom is 0.341 e. The highest BCUT2D eigenvalue weighted by atomic mass is 32.2. The van der Waals surface area contributed by atoms with Crippen LogP contribution in [0.5, 0.6) is 11.5 Å². The van der Waals surface area contributed by atoms with E-state index in [2.05, 4.69) is 16.0 Å². The molecular formula is C41H39N3O7S2. The van der Waals surface area contributed by atoms with Gasteiger partial charge >= 0.3 is 5.97 Å². The maximum atomic E-state index is 13.7. The molecule has 1 atom stereocenters. The van der Waals surface area contributed by atoms with Crippen LogP contribution in [0.2, 0.25) is 0 Å². The first-order valence-corrected chi connectivity index (χ1v) is 18.5. The number of anilines is 2. The lowest BCUT2D eigenvalue weighted by Crippen LogP contribution is -2.30. The van der Waals surface area contributed by atoms with E-state index >= 15 is 0 Å². The Kier molecular flexibility index (Phi) is 13.5. The van der Waals surface area contributed by atoms with Crippen LogP contribution in [0.1, 0.15) is 46.5 Å². The summed E-state index contributed by atoms with van der Waals surface area (Å²) in [6, 6.07) is 30.3. The van der Waals surface area contributed by atoms with E-state index in [4.69, 9.17) is 14.2 Å². The summed E-state index contributed by atoms with van der Waals surface area (Å²) in [6.45, 7) is 3.84. The fraction of sp³-hybridized carbons (Fsp3) is 0.171. The Labute approximate surface area is 316 Å². The molecule has 4 aromatic carbocycles. The van der Waals surface area contributed by atoms with Crippen LogP contribution >= 0.6 is 23.1 Å². The van der Waals surface area contributed by atoms with Crippen LogP contribution in [0.15, 0.2) is 119 Å². The number of thiophene rings is 1. The van der Waals surface area contributed by atoms with E-state index < -0.39 is 23.0 Å². The molecule has 0 saturated heterocycles. The van der Waals surface area contributed by atoms with Crippen molar-refractivity contribution in [2.75, 3.05) is 31.5 Å². The highest BCUT2D eigenvalue weighted by Crippen LogP contribution is 2.37. The second kappa shape index (κ2) is 18.6. The summed E-state index contributed by atoms with van der Waals surface area (Å²) in [6.07, 6.45) is 2.04. The van der Waals surface area contributed by atoms with E-state index in [-0.39, 0.29) is 18.2 Å².